The molecule has 2 nitrogen and oxygen atoms in total. The molecule has 0 amide bonds. The minimum Gasteiger partial charge on any atom is -0.493 e. The van der Waals surface area contributed by atoms with E-state index in [1.807, 2.05) is 0 Å². The van der Waals surface area contributed by atoms with Crippen molar-refractivity contribution in [2.24, 2.45) is 0 Å². The van der Waals surface area contributed by atoms with Gasteiger partial charge in [-0.05, 0) is 54.7 Å². The molecule has 0 saturated carbocycles. The molecule has 1 aromatic carbocycles. The summed E-state index contributed by atoms with van der Waals surface area (Å²) in [6.45, 7) is 4.39. The largest absolute Gasteiger partial charge is 0.493 e. The third-order valence-corrected chi connectivity index (χ3v) is 4.27. The van der Waals surface area contributed by atoms with Gasteiger partial charge in [-0.25, -0.2) is 4.39 Å². The summed E-state index contributed by atoms with van der Waals surface area (Å²) in [6, 6.07) is 6.38. The van der Waals surface area contributed by atoms with E-state index in [1.165, 1.54) is 23.3 Å². The molecule has 1 aliphatic heterocycles. The molecular weight excluding hydrogens is 279 g/mol. The molecule has 1 heterocycles. The number of Topliss-reactive ketones (excluding diaryl/α,β-unsaturated/α-hetero) is 1. The number of carbonyl (C=O) groups is 1. The number of rotatable bonds is 5. The van der Waals surface area contributed by atoms with Gasteiger partial charge in [-0.2, -0.15) is 0 Å². The highest BCUT2D eigenvalue weighted by molar-refractivity contribution is 5.99. The van der Waals surface area contributed by atoms with Crippen molar-refractivity contribution in [1.82, 2.24) is 0 Å². The zero-order chi connectivity index (χ0) is 15.5. The van der Waals surface area contributed by atoms with E-state index in [-0.39, 0.29) is 11.6 Å². The van der Waals surface area contributed by atoms with Gasteiger partial charge in [0.05, 0.1) is 6.61 Å². The number of benzene rings is 1. The van der Waals surface area contributed by atoms with Crippen LogP contribution in [0.3, 0.4) is 0 Å². The Bertz CT molecular complexity index is 665. The number of carbonyl (C=O) groups excluding carboxylic acids is 1. The van der Waals surface area contributed by atoms with E-state index >= 15 is 0 Å². The molecule has 1 aliphatic carbocycles. The maximum Gasteiger partial charge on any atom is 0.159 e. The first-order chi connectivity index (χ1) is 10.7. The molecule has 3 heteroatoms. The predicted molar refractivity (Wildman–Crippen MR) is 84.6 cm³/mol. The monoisotopic (exact) mass is 298 g/mol. The Morgan fingerprint density at radius 3 is 2.64 bits per heavy atom. The second-order valence-electron chi connectivity index (χ2n) is 5.71. The Labute approximate surface area is 130 Å². The molecule has 22 heavy (non-hydrogen) atoms. The number of ketones is 1. The van der Waals surface area contributed by atoms with Crippen molar-refractivity contribution in [3.63, 3.8) is 0 Å². The Morgan fingerprint density at radius 1 is 1.14 bits per heavy atom. The molecule has 1 aromatic rings. The summed E-state index contributed by atoms with van der Waals surface area (Å²) in [5.41, 5.74) is 4.25. The lowest BCUT2D eigenvalue weighted by atomic mass is 9.96. The van der Waals surface area contributed by atoms with Gasteiger partial charge in [0, 0.05) is 18.4 Å². The summed E-state index contributed by atoms with van der Waals surface area (Å²) in [5, 5.41) is 0. The van der Waals surface area contributed by atoms with Crippen molar-refractivity contribution in [2.45, 2.75) is 32.1 Å². The van der Waals surface area contributed by atoms with Gasteiger partial charge in [-0.15, -0.1) is 6.58 Å². The maximum atomic E-state index is 13.1. The Balaban J connectivity index is 1.89. The summed E-state index contributed by atoms with van der Waals surface area (Å²) in [6.07, 6.45) is 5.53. The van der Waals surface area contributed by atoms with Gasteiger partial charge in [0.25, 0.3) is 0 Å². The number of halogens is 1. The zero-order valence-corrected chi connectivity index (χ0v) is 12.5. The van der Waals surface area contributed by atoms with Gasteiger partial charge >= 0.3 is 0 Å². The van der Waals surface area contributed by atoms with Crippen LogP contribution in [-0.2, 0) is 9.53 Å². The van der Waals surface area contributed by atoms with Gasteiger partial charge in [0.2, 0.25) is 0 Å². The first-order valence-corrected chi connectivity index (χ1v) is 7.65. The van der Waals surface area contributed by atoms with E-state index in [0.29, 0.717) is 19.4 Å². The molecule has 114 valence electrons. The van der Waals surface area contributed by atoms with Crippen LogP contribution in [0.25, 0.3) is 5.76 Å². The topological polar surface area (TPSA) is 26.3 Å². The third kappa shape index (κ3) is 2.89. The van der Waals surface area contributed by atoms with Crippen molar-refractivity contribution < 1.29 is 13.9 Å². The normalized spacial score (nSPS) is 18.1. The number of allylic oxidation sites excluding steroid dienone is 3. The van der Waals surface area contributed by atoms with Crippen LogP contribution < -0.4 is 0 Å². The Morgan fingerprint density at radius 2 is 1.91 bits per heavy atom. The SMILES string of the molecule is C=CCC1=C(CC2=C(c3ccc(F)cc3)OCC2)CCC1=O. The van der Waals surface area contributed by atoms with E-state index in [2.05, 4.69) is 6.58 Å². The van der Waals surface area contributed by atoms with Crippen LogP contribution in [0.4, 0.5) is 4.39 Å². The van der Waals surface area contributed by atoms with Gasteiger partial charge < -0.3 is 4.74 Å². The zero-order valence-electron chi connectivity index (χ0n) is 12.5. The summed E-state index contributed by atoms with van der Waals surface area (Å²) >= 11 is 0. The highest BCUT2D eigenvalue weighted by Gasteiger charge is 2.25. The lowest BCUT2D eigenvalue weighted by Gasteiger charge is -2.09. The van der Waals surface area contributed by atoms with Crippen molar-refractivity contribution in [1.29, 1.82) is 0 Å². The van der Waals surface area contributed by atoms with Crippen molar-refractivity contribution in [3.05, 3.63) is 65.0 Å². The molecule has 0 radical (unpaired) electrons. The van der Waals surface area contributed by atoms with Crippen LogP contribution in [0, 0.1) is 5.82 Å². The molecule has 2 aliphatic rings. The fourth-order valence-corrected chi connectivity index (χ4v) is 3.17. The average Bonchev–Trinajstić information content (AvgIpc) is 3.10. The number of ether oxygens (including phenoxy) is 1. The van der Waals surface area contributed by atoms with Crippen molar-refractivity contribution in [2.75, 3.05) is 6.61 Å². The quantitative estimate of drug-likeness (QED) is 0.744. The summed E-state index contributed by atoms with van der Waals surface area (Å²) in [5.74, 6) is 0.851. The first kappa shape index (κ1) is 14.8. The summed E-state index contributed by atoms with van der Waals surface area (Å²) in [7, 11) is 0. The van der Waals surface area contributed by atoms with Crippen LogP contribution in [0.5, 0.6) is 0 Å². The molecule has 0 spiro atoms. The molecule has 0 fully saturated rings. The van der Waals surface area contributed by atoms with E-state index in [4.69, 9.17) is 4.74 Å². The minimum atomic E-state index is -0.249. The number of hydrogen-bond acceptors (Lipinski definition) is 2. The van der Waals surface area contributed by atoms with Crippen molar-refractivity contribution >= 4 is 11.5 Å². The second kappa shape index (κ2) is 6.30. The molecule has 0 bridgehead atoms. The smallest absolute Gasteiger partial charge is 0.159 e. The van der Waals surface area contributed by atoms with Gasteiger partial charge in [0.15, 0.2) is 5.78 Å². The average molecular weight is 298 g/mol. The van der Waals surface area contributed by atoms with Gasteiger partial charge in [-0.3, -0.25) is 4.79 Å². The van der Waals surface area contributed by atoms with Crippen molar-refractivity contribution in [3.8, 4) is 0 Å². The molecule has 0 saturated heterocycles. The summed E-state index contributed by atoms with van der Waals surface area (Å²) in [4.78, 5) is 11.9. The van der Waals surface area contributed by atoms with Crippen LogP contribution >= 0.6 is 0 Å². The Kier molecular flexibility index (Phi) is 4.23. The first-order valence-electron chi connectivity index (χ1n) is 7.65. The molecule has 0 unspecified atom stereocenters. The van der Waals surface area contributed by atoms with E-state index in [1.54, 1.807) is 18.2 Å². The van der Waals surface area contributed by atoms with E-state index < -0.39 is 0 Å². The highest BCUT2D eigenvalue weighted by Crippen LogP contribution is 2.37. The fourth-order valence-electron chi connectivity index (χ4n) is 3.17. The second-order valence-corrected chi connectivity index (χ2v) is 5.71. The van der Waals surface area contributed by atoms with Crippen LogP contribution in [-0.4, -0.2) is 12.4 Å². The van der Waals surface area contributed by atoms with Crippen LogP contribution in [0.15, 0.2) is 53.6 Å². The van der Waals surface area contributed by atoms with Gasteiger partial charge in [-0.1, -0.05) is 11.6 Å². The van der Waals surface area contributed by atoms with E-state index in [9.17, 15) is 9.18 Å². The van der Waals surface area contributed by atoms with Gasteiger partial charge in [0.1, 0.15) is 11.6 Å². The highest BCUT2D eigenvalue weighted by atomic mass is 19.1. The lowest BCUT2D eigenvalue weighted by molar-refractivity contribution is -0.114. The molecule has 0 aromatic heterocycles. The van der Waals surface area contributed by atoms with Crippen LogP contribution in [0.1, 0.15) is 37.7 Å². The predicted octanol–water partition coefficient (Wildman–Crippen LogP) is 4.58. The minimum absolute atomic E-state index is 0.248. The standard InChI is InChI=1S/C19H19FO2/c1-2-3-17-14(6-9-18(17)21)12-15-10-11-22-19(15)13-4-7-16(20)8-5-13/h2,4-5,7-8H,1,3,6,9-12H2. The van der Waals surface area contributed by atoms with E-state index in [0.717, 1.165) is 36.2 Å². The summed E-state index contributed by atoms with van der Waals surface area (Å²) < 4.78 is 18.8. The molecule has 0 atom stereocenters. The molecule has 3 rings (SSSR count). The fraction of sp³-hybridized carbons (Fsp3) is 0.316. The van der Waals surface area contributed by atoms with Crippen LogP contribution in [0.2, 0.25) is 0 Å². The Hall–Kier alpha value is -2.16. The number of hydrogen-bond donors (Lipinski definition) is 0. The molecular formula is C19H19FO2. The lowest BCUT2D eigenvalue weighted by Crippen LogP contribution is -1.96. The third-order valence-electron chi connectivity index (χ3n) is 4.27. The molecule has 0 N–H and O–H groups in total. The maximum absolute atomic E-state index is 13.1.